The average Bonchev–Trinajstić information content (AvgIpc) is 3.34. The van der Waals surface area contributed by atoms with Crippen LogP contribution >= 0.6 is 11.6 Å². The maximum absolute atomic E-state index is 10.8. The smallest absolute Gasteiger partial charge is 0.145 e. The van der Waals surface area contributed by atoms with E-state index >= 15 is 0 Å². The Morgan fingerprint density at radius 2 is 2.03 bits per heavy atom. The first-order chi connectivity index (χ1) is 15.5. The number of halogens is 1. The number of aryl methyl sites for hydroxylation is 1. The molecule has 4 aromatic rings. The Kier molecular flexibility index (Phi) is 5.36. The lowest BCUT2D eigenvalue weighted by Crippen LogP contribution is -2.29. The van der Waals surface area contributed by atoms with E-state index in [1.165, 1.54) is 6.33 Å². The van der Waals surface area contributed by atoms with Gasteiger partial charge in [0.1, 0.15) is 29.7 Å². The summed E-state index contributed by atoms with van der Waals surface area (Å²) >= 11 is 6.06. The quantitative estimate of drug-likeness (QED) is 0.367. The normalized spacial score (nSPS) is 23.2. The fourth-order valence-corrected chi connectivity index (χ4v) is 4.97. The highest BCUT2D eigenvalue weighted by Crippen LogP contribution is 2.40. The molecule has 5 N–H and O–H groups in total. The number of nitrogens with two attached hydrogens (primary N) is 1. The molecule has 0 amide bonds. The van der Waals surface area contributed by atoms with Crippen molar-refractivity contribution in [2.75, 3.05) is 18.1 Å². The zero-order chi connectivity index (χ0) is 22.4. The van der Waals surface area contributed by atoms with E-state index in [0.717, 1.165) is 46.2 Å². The van der Waals surface area contributed by atoms with E-state index in [1.807, 2.05) is 48.1 Å². The minimum absolute atomic E-state index is 0.0306. The van der Waals surface area contributed by atoms with Gasteiger partial charge in [-0.15, -0.1) is 0 Å². The maximum atomic E-state index is 10.8. The lowest BCUT2D eigenvalue weighted by atomic mass is 9.95. The SMILES string of the molecule is CNc1ncnc2c1ccn2[C@@H]1C[C@H](CCc2ccc3cc(Cl)c(N)nc3c2)[C@@H](O)[C@H]1O. The summed E-state index contributed by atoms with van der Waals surface area (Å²) in [7, 11) is 1.81. The molecule has 3 aromatic heterocycles. The highest BCUT2D eigenvalue weighted by Gasteiger charge is 2.42. The molecular formula is C23H25ClN6O2. The Bertz CT molecular complexity index is 1290. The zero-order valence-electron chi connectivity index (χ0n) is 17.6. The van der Waals surface area contributed by atoms with Crippen LogP contribution in [-0.4, -0.2) is 49.0 Å². The van der Waals surface area contributed by atoms with Crippen molar-refractivity contribution >= 4 is 45.2 Å². The third-order valence-corrected chi connectivity index (χ3v) is 6.84. The van der Waals surface area contributed by atoms with E-state index in [9.17, 15) is 10.2 Å². The first-order valence-electron chi connectivity index (χ1n) is 10.7. The van der Waals surface area contributed by atoms with E-state index in [1.54, 1.807) is 0 Å². The van der Waals surface area contributed by atoms with Gasteiger partial charge in [-0.2, -0.15) is 0 Å². The van der Waals surface area contributed by atoms with Crippen LogP contribution in [0.1, 0.15) is 24.4 Å². The Hall–Kier alpha value is -2.94. The van der Waals surface area contributed by atoms with Crippen LogP contribution in [0.5, 0.6) is 0 Å². The molecule has 9 heteroatoms. The van der Waals surface area contributed by atoms with Gasteiger partial charge in [0.15, 0.2) is 0 Å². The number of hydrogen-bond donors (Lipinski definition) is 4. The van der Waals surface area contributed by atoms with E-state index in [4.69, 9.17) is 17.3 Å². The molecule has 5 rings (SSSR count). The van der Waals surface area contributed by atoms with Crippen LogP contribution in [-0.2, 0) is 6.42 Å². The van der Waals surface area contributed by atoms with Crippen molar-refractivity contribution in [3.8, 4) is 0 Å². The molecule has 1 fully saturated rings. The Labute approximate surface area is 190 Å². The minimum atomic E-state index is -0.858. The molecule has 0 bridgehead atoms. The molecule has 32 heavy (non-hydrogen) atoms. The predicted molar refractivity (Wildman–Crippen MR) is 126 cm³/mol. The summed E-state index contributed by atoms with van der Waals surface area (Å²) < 4.78 is 1.96. The molecular weight excluding hydrogens is 428 g/mol. The van der Waals surface area contributed by atoms with E-state index < -0.39 is 12.2 Å². The third-order valence-electron chi connectivity index (χ3n) is 6.54. The van der Waals surface area contributed by atoms with Crippen LogP contribution in [0, 0.1) is 5.92 Å². The largest absolute Gasteiger partial charge is 0.390 e. The van der Waals surface area contributed by atoms with Crippen LogP contribution < -0.4 is 11.1 Å². The fourth-order valence-electron chi connectivity index (χ4n) is 4.81. The van der Waals surface area contributed by atoms with Gasteiger partial charge in [-0.25, -0.2) is 15.0 Å². The topological polar surface area (TPSA) is 122 Å². The molecule has 166 valence electrons. The van der Waals surface area contributed by atoms with E-state index in [2.05, 4.69) is 20.3 Å². The van der Waals surface area contributed by atoms with Crippen molar-refractivity contribution in [3.05, 3.63) is 53.4 Å². The second-order valence-electron chi connectivity index (χ2n) is 8.40. The van der Waals surface area contributed by atoms with Gasteiger partial charge in [-0.1, -0.05) is 23.7 Å². The number of pyridine rings is 1. The number of fused-ring (bicyclic) bond motifs is 2. The van der Waals surface area contributed by atoms with Crippen LogP contribution in [0.3, 0.4) is 0 Å². The molecule has 1 saturated carbocycles. The van der Waals surface area contributed by atoms with Crippen molar-refractivity contribution in [3.63, 3.8) is 0 Å². The number of aliphatic hydroxyl groups is 2. The standard InChI is InChI=1S/C23H25ClN6O2/c1-26-22-15-6-7-30(23(15)28-11-27-22)18-10-14(19(31)20(18)32)5-3-12-2-4-13-9-16(24)21(25)29-17(13)8-12/h2,4,6-9,11,14,18-20,31-32H,3,5,10H2,1H3,(H2,25,29)(H,26,27,28)/t14-,18+,19+,20-/m0/s1. The number of hydrogen-bond acceptors (Lipinski definition) is 7. The second-order valence-corrected chi connectivity index (χ2v) is 8.81. The molecule has 0 radical (unpaired) electrons. The van der Waals surface area contributed by atoms with Crippen LogP contribution in [0.2, 0.25) is 5.02 Å². The average molecular weight is 453 g/mol. The number of anilines is 2. The van der Waals surface area contributed by atoms with Crippen LogP contribution in [0.25, 0.3) is 21.9 Å². The summed E-state index contributed by atoms with van der Waals surface area (Å²) in [6.45, 7) is 0. The van der Waals surface area contributed by atoms with Gasteiger partial charge in [0.05, 0.1) is 28.1 Å². The van der Waals surface area contributed by atoms with Crippen molar-refractivity contribution in [1.82, 2.24) is 19.5 Å². The summed E-state index contributed by atoms with van der Waals surface area (Å²) in [5, 5.41) is 26.9. The highest BCUT2D eigenvalue weighted by atomic mass is 35.5. The van der Waals surface area contributed by atoms with E-state index in [-0.39, 0.29) is 12.0 Å². The number of aromatic nitrogens is 4. The second kappa shape index (κ2) is 8.20. The predicted octanol–water partition coefficient (Wildman–Crippen LogP) is 3.17. The van der Waals surface area contributed by atoms with Gasteiger partial charge in [-0.3, -0.25) is 0 Å². The maximum Gasteiger partial charge on any atom is 0.145 e. The molecule has 0 spiro atoms. The van der Waals surface area contributed by atoms with Gasteiger partial charge < -0.3 is 25.8 Å². The summed E-state index contributed by atoms with van der Waals surface area (Å²) in [6, 6.07) is 9.54. The molecule has 4 atom stereocenters. The number of nitrogens with one attached hydrogen (secondary N) is 1. The lowest BCUT2D eigenvalue weighted by Gasteiger charge is -2.19. The zero-order valence-corrected chi connectivity index (χ0v) is 18.4. The third kappa shape index (κ3) is 3.54. The summed E-state index contributed by atoms with van der Waals surface area (Å²) in [5.41, 5.74) is 8.50. The summed E-state index contributed by atoms with van der Waals surface area (Å²) in [4.78, 5) is 13.0. The molecule has 0 saturated heterocycles. The molecule has 0 unspecified atom stereocenters. The first-order valence-corrected chi connectivity index (χ1v) is 11.0. The number of nitrogens with zero attached hydrogens (tertiary/aromatic N) is 4. The summed E-state index contributed by atoms with van der Waals surface area (Å²) in [6.07, 6.45) is 3.94. The van der Waals surface area contributed by atoms with Gasteiger partial charge in [0.2, 0.25) is 0 Å². The van der Waals surface area contributed by atoms with Crippen molar-refractivity contribution in [2.45, 2.75) is 37.5 Å². The Morgan fingerprint density at radius 3 is 2.84 bits per heavy atom. The van der Waals surface area contributed by atoms with Gasteiger partial charge in [0, 0.05) is 18.6 Å². The Balaban J connectivity index is 1.34. The fraction of sp³-hybridized carbons (Fsp3) is 0.348. The highest BCUT2D eigenvalue weighted by molar-refractivity contribution is 6.33. The van der Waals surface area contributed by atoms with Crippen molar-refractivity contribution in [2.24, 2.45) is 5.92 Å². The molecule has 8 nitrogen and oxygen atoms in total. The molecule has 1 aliphatic rings. The molecule has 1 aliphatic carbocycles. The number of aliphatic hydroxyl groups excluding tert-OH is 2. The lowest BCUT2D eigenvalue weighted by molar-refractivity contribution is 0.00545. The molecule has 1 aromatic carbocycles. The van der Waals surface area contributed by atoms with Gasteiger partial charge in [0.25, 0.3) is 0 Å². The van der Waals surface area contributed by atoms with E-state index in [0.29, 0.717) is 17.3 Å². The number of nitrogen functional groups attached to an aromatic ring is 1. The number of rotatable bonds is 5. The minimum Gasteiger partial charge on any atom is -0.390 e. The van der Waals surface area contributed by atoms with Crippen molar-refractivity contribution < 1.29 is 10.2 Å². The van der Waals surface area contributed by atoms with Crippen molar-refractivity contribution in [1.29, 1.82) is 0 Å². The number of benzene rings is 1. The first kappa shape index (κ1) is 20.9. The summed E-state index contributed by atoms with van der Waals surface area (Å²) in [5.74, 6) is 1.03. The van der Waals surface area contributed by atoms with Crippen LogP contribution in [0.4, 0.5) is 11.6 Å². The molecule has 3 heterocycles. The monoisotopic (exact) mass is 452 g/mol. The van der Waals surface area contributed by atoms with Crippen LogP contribution in [0.15, 0.2) is 42.9 Å². The van der Waals surface area contributed by atoms with Gasteiger partial charge >= 0.3 is 0 Å². The Morgan fingerprint density at radius 1 is 1.19 bits per heavy atom. The molecule has 0 aliphatic heterocycles. The van der Waals surface area contributed by atoms with Gasteiger partial charge in [-0.05, 0) is 48.9 Å².